The van der Waals surface area contributed by atoms with Gasteiger partial charge in [-0.2, -0.15) is 13.2 Å². The number of likely N-dealkylation sites (tertiary alicyclic amines) is 1. The van der Waals surface area contributed by atoms with Crippen LogP contribution in [0, 0.1) is 0 Å². The van der Waals surface area contributed by atoms with Crippen molar-refractivity contribution < 1.29 is 22.6 Å². The predicted molar refractivity (Wildman–Crippen MR) is 114 cm³/mol. The summed E-state index contributed by atoms with van der Waals surface area (Å²) in [5.74, 6) is 1.14. The lowest BCUT2D eigenvalue weighted by Crippen LogP contribution is -2.52. The van der Waals surface area contributed by atoms with Gasteiger partial charge in [-0.1, -0.05) is 0 Å². The Bertz CT molecular complexity index is 952. The average Bonchev–Trinajstić information content (AvgIpc) is 2.72. The molecular weight excluding hydrogens is 421 g/mol. The van der Waals surface area contributed by atoms with Crippen molar-refractivity contribution in [2.75, 3.05) is 51.4 Å². The molecule has 9 heteroatoms. The van der Waals surface area contributed by atoms with Crippen molar-refractivity contribution in [1.82, 2.24) is 14.9 Å². The van der Waals surface area contributed by atoms with Crippen LogP contribution in [0.1, 0.15) is 29.9 Å². The molecule has 3 aliphatic rings. The van der Waals surface area contributed by atoms with Crippen LogP contribution in [0.3, 0.4) is 0 Å². The van der Waals surface area contributed by atoms with Gasteiger partial charge in [0.15, 0.2) is 0 Å². The van der Waals surface area contributed by atoms with Crippen molar-refractivity contribution >= 4 is 5.82 Å². The normalized spacial score (nSPS) is 21.4. The molecule has 3 fully saturated rings. The zero-order valence-electron chi connectivity index (χ0n) is 18.0. The molecule has 32 heavy (non-hydrogen) atoms. The van der Waals surface area contributed by atoms with Crippen LogP contribution < -0.4 is 4.90 Å². The molecule has 5 heterocycles. The average molecular weight is 448 g/mol. The molecule has 0 N–H and O–H groups in total. The molecule has 2 aromatic rings. The smallest absolute Gasteiger partial charge is 0.378 e. The van der Waals surface area contributed by atoms with Gasteiger partial charge in [-0.25, -0.2) is 4.98 Å². The molecule has 172 valence electrons. The predicted octanol–water partition coefficient (Wildman–Crippen LogP) is 3.58. The third kappa shape index (κ3) is 4.33. The summed E-state index contributed by atoms with van der Waals surface area (Å²) in [5.41, 5.74) is 1.29. The molecule has 0 atom stereocenters. The lowest BCUT2D eigenvalue weighted by molar-refractivity contribution is -0.137. The molecule has 2 aromatic heterocycles. The number of pyridine rings is 2. The second-order valence-corrected chi connectivity index (χ2v) is 8.87. The van der Waals surface area contributed by atoms with E-state index in [0.717, 1.165) is 75.9 Å². The van der Waals surface area contributed by atoms with E-state index in [-0.39, 0.29) is 6.10 Å². The zero-order chi connectivity index (χ0) is 22.3. The van der Waals surface area contributed by atoms with Gasteiger partial charge in [-0.3, -0.25) is 9.88 Å². The second-order valence-electron chi connectivity index (χ2n) is 8.87. The summed E-state index contributed by atoms with van der Waals surface area (Å²) in [7, 11) is 1.69. The highest BCUT2D eigenvalue weighted by molar-refractivity contribution is 5.64. The lowest BCUT2D eigenvalue weighted by atomic mass is 9.88. The fraction of sp³-hybridized carbons (Fsp3) is 0.565. The van der Waals surface area contributed by atoms with Crippen LogP contribution in [-0.4, -0.2) is 73.5 Å². The summed E-state index contributed by atoms with van der Waals surface area (Å²) in [6.45, 7) is 5.10. The van der Waals surface area contributed by atoms with Crippen molar-refractivity contribution in [2.24, 2.45) is 0 Å². The number of hydrogen-bond donors (Lipinski definition) is 0. The Morgan fingerprint density at radius 1 is 1.06 bits per heavy atom. The third-order valence-corrected chi connectivity index (χ3v) is 6.84. The number of hydrogen-bond acceptors (Lipinski definition) is 6. The molecule has 0 amide bonds. The van der Waals surface area contributed by atoms with Crippen LogP contribution in [0.25, 0.3) is 11.3 Å². The van der Waals surface area contributed by atoms with Crippen LogP contribution in [0.4, 0.5) is 19.0 Å². The molecule has 3 aliphatic heterocycles. The Morgan fingerprint density at radius 2 is 1.81 bits per heavy atom. The van der Waals surface area contributed by atoms with E-state index in [1.54, 1.807) is 7.11 Å². The van der Waals surface area contributed by atoms with Crippen LogP contribution in [-0.2, 0) is 15.7 Å². The lowest BCUT2D eigenvalue weighted by Gasteiger charge is -2.42. The second kappa shape index (κ2) is 8.61. The van der Waals surface area contributed by atoms with Crippen LogP contribution in [0.15, 0.2) is 30.6 Å². The molecule has 5 rings (SSSR count). The fourth-order valence-electron chi connectivity index (χ4n) is 4.62. The Balaban J connectivity index is 1.43. The minimum Gasteiger partial charge on any atom is -0.378 e. The minimum absolute atomic E-state index is 0.159. The van der Waals surface area contributed by atoms with Gasteiger partial charge in [0.2, 0.25) is 0 Å². The number of ether oxygens (including phenoxy) is 2. The summed E-state index contributed by atoms with van der Waals surface area (Å²) in [5, 5.41) is 0. The Labute approximate surface area is 185 Å². The maximum atomic E-state index is 13.2. The largest absolute Gasteiger partial charge is 0.417 e. The standard InChI is InChI=1S/C23H27F3N4O2/c1-31-20-11-30(12-20)22-8-16(15-2-4-29(5-3-15)19-13-32-14-19)7-21(28-22)17-6-18(10-27-9-17)23(24,25)26/h6-10,15,19-20H,2-5,11-14H2,1H3. The summed E-state index contributed by atoms with van der Waals surface area (Å²) in [6, 6.07) is 5.71. The van der Waals surface area contributed by atoms with Crippen molar-refractivity contribution in [3.8, 4) is 11.3 Å². The van der Waals surface area contributed by atoms with E-state index < -0.39 is 11.7 Å². The minimum atomic E-state index is -4.44. The Hall–Kier alpha value is -2.23. The van der Waals surface area contributed by atoms with Crippen molar-refractivity contribution in [3.63, 3.8) is 0 Å². The van der Waals surface area contributed by atoms with E-state index in [1.807, 2.05) is 6.07 Å². The fourth-order valence-corrected chi connectivity index (χ4v) is 4.62. The molecule has 0 radical (unpaired) electrons. The van der Waals surface area contributed by atoms with E-state index in [0.29, 0.717) is 23.2 Å². The van der Waals surface area contributed by atoms with Crippen molar-refractivity contribution in [1.29, 1.82) is 0 Å². The van der Waals surface area contributed by atoms with E-state index in [4.69, 9.17) is 14.5 Å². The Kier molecular flexibility index (Phi) is 5.81. The van der Waals surface area contributed by atoms with Gasteiger partial charge in [-0.05, 0) is 55.6 Å². The van der Waals surface area contributed by atoms with Gasteiger partial charge in [0.05, 0.1) is 36.6 Å². The number of aromatic nitrogens is 2. The molecule has 3 saturated heterocycles. The highest BCUT2D eigenvalue weighted by Crippen LogP contribution is 2.36. The number of methoxy groups -OCH3 is 1. The quantitative estimate of drug-likeness (QED) is 0.697. The maximum absolute atomic E-state index is 13.2. The molecule has 0 spiro atoms. The van der Waals surface area contributed by atoms with Gasteiger partial charge in [0.25, 0.3) is 0 Å². The monoisotopic (exact) mass is 448 g/mol. The number of nitrogens with zero attached hydrogens (tertiary/aromatic N) is 4. The van der Waals surface area contributed by atoms with Crippen LogP contribution in [0.5, 0.6) is 0 Å². The van der Waals surface area contributed by atoms with E-state index >= 15 is 0 Å². The van der Waals surface area contributed by atoms with Gasteiger partial charge >= 0.3 is 6.18 Å². The highest BCUT2D eigenvalue weighted by atomic mass is 19.4. The number of alkyl halides is 3. The zero-order valence-corrected chi connectivity index (χ0v) is 18.0. The first-order valence-corrected chi connectivity index (χ1v) is 11.0. The van der Waals surface area contributed by atoms with Gasteiger partial charge in [-0.15, -0.1) is 0 Å². The first-order valence-electron chi connectivity index (χ1n) is 11.0. The van der Waals surface area contributed by atoms with Crippen molar-refractivity contribution in [2.45, 2.75) is 37.1 Å². The maximum Gasteiger partial charge on any atom is 0.417 e. The molecule has 0 aliphatic carbocycles. The first kappa shape index (κ1) is 21.6. The van der Waals surface area contributed by atoms with E-state index in [2.05, 4.69) is 20.9 Å². The third-order valence-electron chi connectivity index (χ3n) is 6.84. The number of halogens is 3. The summed E-state index contributed by atoms with van der Waals surface area (Å²) in [4.78, 5) is 13.1. The van der Waals surface area contributed by atoms with E-state index in [9.17, 15) is 13.2 Å². The van der Waals surface area contributed by atoms with Gasteiger partial charge in [0.1, 0.15) is 5.82 Å². The molecule has 6 nitrogen and oxygen atoms in total. The first-order chi connectivity index (χ1) is 15.4. The number of piperidine rings is 1. The Morgan fingerprint density at radius 3 is 2.44 bits per heavy atom. The molecule has 0 bridgehead atoms. The SMILES string of the molecule is COC1CN(c2cc(C3CCN(C4COC4)CC3)cc(-c3cncc(C(F)(F)F)c3)n2)C1. The molecular formula is C23H27F3N4O2. The molecule has 0 unspecified atom stereocenters. The molecule has 0 aromatic carbocycles. The highest BCUT2D eigenvalue weighted by Gasteiger charge is 2.33. The number of rotatable bonds is 5. The molecule has 0 saturated carbocycles. The van der Waals surface area contributed by atoms with Crippen LogP contribution >= 0.6 is 0 Å². The topological polar surface area (TPSA) is 50.7 Å². The summed E-state index contributed by atoms with van der Waals surface area (Å²) < 4.78 is 50.4. The van der Waals surface area contributed by atoms with Crippen molar-refractivity contribution in [3.05, 3.63) is 41.7 Å². The van der Waals surface area contributed by atoms with Gasteiger partial charge in [0, 0.05) is 38.2 Å². The summed E-state index contributed by atoms with van der Waals surface area (Å²) >= 11 is 0. The van der Waals surface area contributed by atoms with E-state index in [1.165, 1.54) is 6.20 Å². The number of anilines is 1. The van der Waals surface area contributed by atoms with Crippen LogP contribution in [0.2, 0.25) is 0 Å². The summed E-state index contributed by atoms with van der Waals surface area (Å²) in [6.07, 6.45) is 0.0598. The van der Waals surface area contributed by atoms with Gasteiger partial charge < -0.3 is 14.4 Å².